The highest BCUT2D eigenvalue weighted by Gasteiger charge is 2.30. The maximum atomic E-state index is 13.2. The monoisotopic (exact) mass is 535 g/mol. The number of nitrogens with two attached hydrogens (primary N) is 2. The molecule has 0 aliphatic carbocycles. The van der Waals surface area contributed by atoms with Crippen molar-refractivity contribution < 1.29 is 34.2 Å². The van der Waals surface area contributed by atoms with Gasteiger partial charge in [-0.1, -0.05) is 44.2 Å². The van der Waals surface area contributed by atoms with Crippen molar-refractivity contribution in [3.8, 4) is 0 Å². The number of amides is 3. The molecule has 9 N–H and O–H groups in total. The smallest absolute Gasteiger partial charge is 0.326 e. The summed E-state index contributed by atoms with van der Waals surface area (Å²) in [4.78, 5) is 61.4. The molecule has 4 atom stereocenters. The van der Waals surface area contributed by atoms with Crippen LogP contribution < -0.4 is 27.4 Å². The van der Waals surface area contributed by atoms with Gasteiger partial charge in [-0.05, 0) is 50.1 Å². The van der Waals surface area contributed by atoms with Crippen LogP contribution in [0.4, 0.5) is 0 Å². The van der Waals surface area contributed by atoms with E-state index in [4.69, 9.17) is 16.6 Å². The van der Waals surface area contributed by atoms with Gasteiger partial charge in [0.2, 0.25) is 17.7 Å². The van der Waals surface area contributed by atoms with Crippen LogP contribution in [-0.2, 0) is 30.4 Å². The Morgan fingerprint density at radius 1 is 0.816 bits per heavy atom. The minimum absolute atomic E-state index is 0.00641. The Hall–Kier alpha value is -3.51. The van der Waals surface area contributed by atoms with Crippen molar-refractivity contribution in [2.75, 3.05) is 6.54 Å². The fraction of sp³-hybridized carbons (Fsp3) is 0.577. The Morgan fingerprint density at radius 2 is 1.39 bits per heavy atom. The summed E-state index contributed by atoms with van der Waals surface area (Å²) in [6, 6.07) is 4.43. The van der Waals surface area contributed by atoms with Crippen molar-refractivity contribution in [2.24, 2.45) is 17.4 Å². The molecule has 0 aromatic heterocycles. The van der Waals surface area contributed by atoms with Crippen LogP contribution in [0.1, 0.15) is 57.9 Å². The number of rotatable bonds is 18. The fourth-order valence-electron chi connectivity index (χ4n) is 3.75. The van der Waals surface area contributed by atoms with E-state index in [1.54, 1.807) is 30.3 Å². The number of carbonyl (C=O) groups excluding carboxylic acids is 3. The van der Waals surface area contributed by atoms with E-state index in [-0.39, 0.29) is 38.0 Å². The van der Waals surface area contributed by atoms with Gasteiger partial charge in [0, 0.05) is 12.8 Å². The summed E-state index contributed by atoms with van der Waals surface area (Å²) in [6.45, 7) is 4.08. The molecule has 38 heavy (non-hydrogen) atoms. The summed E-state index contributed by atoms with van der Waals surface area (Å²) in [5.41, 5.74) is 12.1. The summed E-state index contributed by atoms with van der Waals surface area (Å²) < 4.78 is 0. The zero-order chi connectivity index (χ0) is 28.7. The van der Waals surface area contributed by atoms with Crippen LogP contribution in [0.25, 0.3) is 0 Å². The molecule has 0 heterocycles. The maximum Gasteiger partial charge on any atom is 0.326 e. The summed E-state index contributed by atoms with van der Waals surface area (Å²) in [5, 5.41) is 26.2. The van der Waals surface area contributed by atoms with Crippen LogP contribution in [-0.4, -0.2) is 70.6 Å². The highest BCUT2D eigenvalue weighted by atomic mass is 16.4. The number of hydrogen-bond donors (Lipinski definition) is 7. The lowest BCUT2D eigenvalue weighted by atomic mass is 10.0. The lowest BCUT2D eigenvalue weighted by molar-refractivity contribution is -0.142. The minimum Gasteiger partial charge on any atom is -0.481 e. The highest BCUT2D eigenvalue weighted by Crippen LogP contribution is 2.10. The van der Waals surface area contributed by atoms with E-state index in [1.807, 2.05) is 13.8 Å². The maximum absolute atomic E-state index is 13.2. The molecule has 1 aromatic rings. The van der Waals surface area contributed by atoms with E-state index >= 15 is 0 Å². The first kappa shape index (κ1) is 32.5. The first-order valence-electron chi connectivity index (χ1n) is 12.8. The second-order valence-electron chi connectivity index (χ2n) is 9.66. The fourth-order valence-corrected chi connectivity index (χ4v) is 3.75. The van der Waals surface area contributed by atoms with Gasteiger partial charge in [0.15, 0.2) is 0 Å². The molecule has 0 aliphatic heterocycles. The van der Waals surface area contributed by atoms with E-state index in [2.05, 4.69) is 16.0 Å². The van der Waals surface area contributed by atoms with Gasteiger partial charge in [-0.15, -0.1) is 0 Å². The molecule has 0 saturated heterocycles. The zero-order valence-electron chi connectivity index (χ0n) is 22.0. The second kappa shape index (κ2) is 17.1. The first-order chi connectivity index (χ1) is 17.9. The Kier molecular flexibility index (Phi) is 14.6. The van der Waals surface area contributed by atoms with E-state index in [1.165, 1.54) is 0 Å². The molecule has 0 radical (unpaired) electrons. The average molecular weight is 536 g/mol. The van der Waals surface area contributed by atoms with E-state index in [0.717, 1.165) is 5.56 Å². The normalized spacial score (nSPS) is 14.1. The highest BCUT2D eigenvalue weighted by molar-refractivity contribution is 5.94. The van der Waals surface area contributed by atoms with Crippen molar-refractivity contribution >= 4 is 29.7 Å². The van der Waals surface area contributed by atoms with E-state index in [0.29, 0.717) is 19.4 Å². The van der Waals surface area contributed by atoms with Gasteiger partial charge < -0.3 is 37.6 Å². The molecule has 212 valence electrons. The molecule has 1 aromatic carbocycles. The summed E-state index contributed by atoms with van der Waals surface area (Å²) >= 11 is 0. The van der Waals surface area contributed by atoms with Crippen molar-refractivity contribution in [2.45, 2.75) is 83.0 Å². The lowest BCUT2D eigenvalue weighted by Crippen LogP contribution is -2.57. The number of carboxylic acid groups (broad SMARTS) is 2. The molecular weight excluding hydrogens is 494 g/mol. The van der Waals surface area contributed by atoms with Crippen molar-refractivity contribution in [3.05, 3.63) is 35.9 Å². The second-order valence-corrected chi connectivity index (χ2v) is 9.66. The SMILES string of the molecule is CC(C)CC(NC(=O)C(N)CCC(=O)O)C(=O)NC(CCCCN)C(=O)NC(Cc1ccccc1)C(=O)O. The predicted molar refractivity (Wildman–Crippen MR) is 141 cm³/mol. The molecular formula is C26H41N5O7. The average Bonchev–Trinajstić information content (AvgIpc) is 2.85. The molecule has 3 amide bonds. The standard InChI is InChI=1S/C26H41N5O7/c1-16(2)14-20(30-23(34)18(28)11-12-22(32)33)25(36)29-19(10-6-7-13-27)24(35)31-21(26(37)38)15-17-8-4-3-5-9-17/h3-5,8-9,16,18-21H,6-7,10-15,27-28H2,1-2H3,(H,29,36)(H,30,34)(H,31,35)(H,32,33)(H,37,38). The largest absolute Gasteiger partial charge is 0.481 e. The predicted octanol–water partition coefficient (Wildman–Crippen LogP) is 0.135. The van der Waals surface area contributed by atoms with Crippen LogP contribution in [0.3, 0.4) is 0 Å². The first-order valence-corrected chi connectivity index (χ1v) is 12.8. The van der Waals surface area contributed by atoms with Gasteiger partial charge in [-0.2, -0.15) is 0 Å². The van der Waals surface area contributed by atoms with Crippen LogP contribution in [0.5, 0.6) is 0 Å². The third-order valence-corrected chi connectivity index (χ3v) is 5.82. The number of carbonyl (C=O) groups is 5. The topological polar surface area (TPSA) is 214 Å². The van der Waals surface area contributed by atoms with Gasteiger partial charge in [0.1, 0.15) is 18.1 Å². The number of aliphatic carboxylic acids is 2. The summed E-state index contributed by atoms with van der Waals surface area (Å²) in [6.07, 6.45) is 1.22. The molecule has 1 rings (SSSR count). The van der Waals surface area contributed by atoms with Gasteiger partial charge in [0.05, 0.1) is 6.04 Å². The number of hydrogen-bond acceptors (Lipinski definition) is 7. The molecule has 0 aliphatic rings. The van der Waals surface area contributed by atoms with E-state index < -0.39 is 53.8 Å². The zero-order valence-corrected chi connectivity index (χ0v) is 22.0. The van der Waals surface area contributed by atoms with Gasteiger partial charge in [-0.25, -0.2) is 4.79 Å². The molecule has 0 saturated carbocycles. The minimum atomic E-state index is -1.21. The molecule has 0 fully saturated rings. The molecule has 0 bridgehead atoms. The molecule has 4 unspecified atom stereocenters. The van der Waals surface area contributed by atoms with Crippen LogP contribution >= 0.6 is 0 Å². The van der Waals surface area contributed by atoms with Crippen LogP contribution in [0.15, 0.2) is 30.3 Å². The molecule has 12 heteroatoms. The van der Waals surface area contributed by atoms with Crippen molar-refractivity contribution in [3.63, 3.8) is 0 Å². The number of carboxylic acids is 2. The summed E-state index contributed by atoms with van der Waals surface area (Å²) in [7, 11) is 0. The lowest BCUT2D eigenvalue weighted by Gasteiger charge is -2.26. The Balaban J connectivity index is 2.99. The number of unbranched alkanes of at least 4 members (excludes halogenated alkanes) is 1. The Morgan fingerprint density at radius 3 is 1.95 bits per heavy atom. The van der Waals surface area contributed by atoms with Crippen molar-refractivity contribution in [1.82, 2.24) is 16.0 Å². The van der Waals surface area contributed by atoms with Crippen LogP contribution in [0, 0.1) is 5.92 Å². The number of benzene rings is 1. The van der Waals surface area contributed by atoms with Gasteiger partial charge in [0.25, 0.3) is 0 Å². The Bertz CT molecular complexity index is 926. The molecule has 12 nitrogen and oxygen atoms in total. The summed E-state index contributed by atoms with van der Waals surface area (Å²) in [5.74, 6) is -4.28. The third kappa shape index (κ3) is 12.6. The van der Waals surface area contributed by atoms with Crippen LogP contribution in [0.2, 0.25) is 0 Å². The number of nitrogens with one attached hydrogen (secondary N) is 3. The van der Waals surface area contributed by atoms with Gasteiger partial charge >= 0.3 is 11.9 Å². The molecule has 0 spiro atoms. The van der Waals surface area contributed by atoms with Gasteiger partial charge in [-0.3, -0.25) is 19.2 Å². The quantitative estimate of drug-likeness (QED) is 0.127. The van der Waals surface area contributed by atoms with Crippen molar-refractivity contribution in [1.29, 1.82) is 0 Å². The van der Waals surface area contributed by atoms with E-state index in [9.17, 15) is 29.1 Å². The Labute approximate surface area is 222 Å². The third-order valence-electron chi connectivity index (χ3n) is 5.82.